The van der Waals surface area contributed by atoms with Crippen molar-refractivity contribution in [1.29, 1.82) is 0 Å². The maximum absolute atomic E-state index is 10.7. The predicted molar refractivity (Wildman–Crippen MR) is 42.2 cm³/mol. The number of nitrogens with zero attached hydrogens (tertiary/aromatic N) is 2. The number of urea groups is 1. The third-order valence-electron chi connectivity index (χ3n) is 1.36. The Labute approximate surface area is 67.7 Å². The first kappa shape index (κ1) is 6.54. The molecule has 2 aliphatic rings. The van der Waals surface area contributed by atoms with Crippen LogP contribution in [0.25, 0.3) is 0 Å². The zero-order valence-corrected chi connectivity index (χ0v) is 6.17. The molecule has 2 heterocycles. The van der Waals surface area contributed by atoms with Crippen LogP contribution in [0, 0.1) is 0 Å². The molecule has 1 N–H and O–H groups in total. The predicted octanol–water partition coefficient (Wildman–Crippen LogP) is 0.684. The van der Waals surface area contributed by atoms with Gasteiger partial charge in [-0.05, 0) is 12.2 Å². The van der Waals surface area contributed by atoms with Crippen LogP contribution < -0.4 is 5.32 Å². The number of hydrogen-bond donors (Lipinski definition) is 1. The highest BCUT2D eigenvalue weighted by Gasteiger charge is 2.22. The van der Waals surface area contributed by atoms with Crippen molar-refractivity contribution in [1.82, 2.24) is 5.32 Å². The maximum atomic E-state index is 10.7. The highest BCUT2D eigenvalue weighted by molar-refractivity contribution is 6.53. The lowest BCUT2D eigenvalue weighted by Crippen LogP contribution is -2.27. The number of carbonyl (C=O) groups is 1. The molecule has 5 heteroatoms. The van der Waals surface area contributed by atoms with E-state index in [1.165, 1.54) is 0 Å². The van der Waals surface area contributed by atoms with E-state index < -0.39 is 0 Å². The fraction of sp³-hybridized carbons (Fsp3) is 0.167. The monoisotopic (exact) mass is 169 g/mol. The van der Waals surface area contributed by atoms with Gasteiger partial charge < -0.3 is 0 Å². The molecule has 0 aliphatic carbocycles. The summed E-state index contributed by atoms with van der Waals surface area (Å²) in [7, 11) is 0. The zero-order chi connectivity index (χ0) is 7.84. The van der Waals surface area contributed by atoms with Gasteiger partial charge in [-0.1, -0.05) is 11.6 Å². The summed E-state index contributed by atoms with van der Waals surface area (Å²) in [6.07, 6.45) is 3.35. The molecule has 0 spiro atoms. The quantitative estimate of drug-likeness (QED) is 0.421. The van der Waals surface area contributed by atoms with E-state index in [9.17, 15) is 4.79 Å². The zero-order valence-electron chi connectivity index (χ0n) is 5.41. The number of rotatable bonds is 0. The Morgan fingerprint density at radius 1 is 1.64 bits per heavy atom. The lowest BCUT2D eigenvalue weighted by Gasteiger charge is -2.05. The number of carbonyl (C=O) groups excluding carboxylic acids is 1. The van der Waals surface area contributed by atoms with E-state index >= 15 is 0 Å². The average molecular weight is 170 g/mol. The van der Waals surface area contributed by atoms with Crippen LogP contribution in [0.4, 0.5) is 4.79 Å². The normalized spacial score (nSPS) is 27.4. The van der Waals surface area contributed by atoms with Crippen LogP contribution >= 0.6 is 11.6 Å². The Hall–Kier alpha value is -1.16. The van der Waals surface area contributed by atoms with E-state index in [1.807, 2.05) is 0 Å². The van der Waals surface area contributed by atoms with Gasteiger partial charge in [-0.2, -0.15) is 4.99 Å². The van der Waals surface area contributed by atoms with Crippen LogP contribution in [0.15, 0.2) is 22.1 Å². The van der Waals surface area contributed by atoms with Gasteiger partial charge in [-0.15, -0.1) is 0 Å². The molecule has 0 radical (unpaired) electrons. The van der Waals surface area contributed by atoms with E-state index in [4.69, 9.17) is 11.6 Å². The van der Waals surface area contributed by atoms with Gasteiger partial charge in [0.25, 0.3) is 0 Å². The molecular weight excluding hydrogens is 166 g/mol. The van der Waals surface area contributed by atoms with Gasteiger partial charge in [0.15, 0.2) is 5.84 Å². The summed E-state index contributed by atoms with van der Waals surface area (Å²) in [5.41, 5.74) is 0.175. The molecular formula is C6H4ClN3O. The second kappa shape index (κ2) is 2.17. The van der Waals surface area contributed by atoms with Crippen molar-refractivity contribution in [3.63, 3.8) is 0 Å². The summed E-state index contributed by atoms with van der Waals surface area (Å²) < 4.78 is 0. The summed E-state index contributed by atoms with van der Waals surface area (Å²) in [4.78, 5) is 18.2. The first-order valence-electron chi connectivity index (χ1n) is 3.06. The Balaban J connectivity index is 2.39. The molecule has 0 bridgehead atoms. The van der Waals surface area contributed by atoms with Crippen molar-refractivity contribution < 1.29 is 4.79 Å². The van der Waals surface area contributed by atoms with E-state index in [-0.39, 0.29) is 11.5 Å². The number of fused-ring (bicyclic) bond motifs is 1. The molecule has 1 atom stereocenters. The molecule has 56 valence electrons. The largest absolute Gasteiger partial charge is 0.347 e. The smallest absolute Gasteiger partial charge is 0.289 e. The number of halogens is 1. The van der Waals surface area contributed by atoms with Crippen molar-refractivity contribution in [3.05, 3.63) is 12.2 Å². The molecule has 0 aromatic carbocycles. The molecule has 0 saturated carbocycles. The lowest BCUT2D eigenvalue weighted by atomic mass is 10.2. The minimum Gasteiger partial charge on any atom is -0.289 e. The Morgan fingerprint density at radius 2 is 2.45 bits per heavy atom. The van der Waals surface area contributed by atoms with Gasteiger partial charge in [-0.3, -0.25) is 5.32 Å². The number of hydrogen-bond acceptors (Lipinski definition) is 2. The Morgan fingerprint density at radius 3 is 3.27 bits per heavy atom. The Bertz CT molecular complexity index is 305. The number of amidine groups is 1. The molecule has 0 saturated heterocycles. The third kappa shape index (κ3) is 1.05. The summed E-state index contributed by atoms with van der Waals surface area (Å²) in [6, 6.07) is -0.380. The van der Waals surface area contributed by atoms with Gasteiger partial charge in [0.1, 0.15) is 11.2 Å². The van der Waals surface area contributed by atoms with Crippen molar-refractivity contribution in [2.24, 2.45) is 9.98 Å². The van der Waals surface area contributed by atoms with E-state index in [1.54, 1.807) is 12.2 Å². The maximum Gasteiger partial charge on any atom is 0.347 e. The van der Waals surface area contributed by atoms with Gasteiger partial charge in [0.2, 0.25) is 0 Å². The topological polar surface area (TPSA) is 53.8 Å². The molecule has 0 aromatic heterocycles. The molecule has 4 nitrogen and oxygen atoms in total. The summed E-state index contributed by atoms with van der Waals surface area (Å²) in [6.45, 7) is 0. The second-order valence-corrected chi connectivity index (χ2v) is 2.58. The number of alkyl halides is 1. The fourth-order valence-corrected chi connectivity index (χ4v) is 1.08. The van der Waals surface area contributed by atoms with Gasteiger partial charge in [0.05, 0.1) is 0 Å². The molecule has 1 unspecified atom stereocenters. The first-order chi connectivity index (χ1) is 5.25. The standard InChI is InChI=1S/C6H4ClN3O/c7-4-2-1-3-5(9-4)10-6(11)8-3/h1-2,4H,(H,9,10,11). The fourth-order valence-electron chi connectivity index (χ4n) is 0.907. The highest BCUT2D eigenvalue weighted by Crippen LogP contribution is 2.09. The summed E-state index contributed by atoms with van der Waals surface area (Å²) in [5, 5.41) is 2.46. The summed E-state index contributed by atoms with van der Waals surface area (Å²) in [5.74, 6) is 0.470. The average Bonchev–Trinajstić information content (AvgIpc) is 2.27. The van der Waals surface area contributed by atoms with Gasteiger partial charge >= 0.3 is 6.03 Å². The SMILES string of the molecule is O=C1N=C2C=CC(Cl)N=C2N1. The van der Waals surface area contributed by atoms with Crippen LogP contribution in [0.3, 0.4) is 0 Å². The highest BCUT2D eigenvalue weighted by atomic mass is 35.5. The third-order valence-corrected chi connectivity index (χ3v) is 1.60. The molecule has 11 heavy (non-hydrogen) atoms. The van der Waals surface area contributed by atoms with E-state index in [0.717, 1.165) is 0 Å². The van der Waals surface area contributed by atoms with Crippen molar-refractivity contribution in [2.75, 3.05) is 0 Å². The van der Waals surface area contributed by atoms with Gasteiger partial charge in [0, 0.05) is 0 Å². The second-order valence-electron chi connectivity index (χ2n) is 2.14. The number of aliphatic imine (C=N–C) groups is 2. The minimum absolute atomic E-state index is 0.380. The molecule has 2 aliphatic heterocycles. The van der Waals surface area contributed by atoms with Gasteiger partial charge in [-0.25, -0.2) is 9.79 Å². The molecule has 2 amide bonds. The van der Waals surface area contributed by atoms with Crippen molar-refractivity contribution in [3.8, 4) is 0 Å². The van der Waals surface area contributed by atoms with E-state index in [0.29, 0.717) is 11.5 Å². The van der Waals surface area contributed by atoms with Crippen molar-refractivity contribution in [2.45, 2.75) is 5.50 Å². The molecule has 0 aromatic rings. The van der Waals surface area contributed by atoms with Crippen LogP contribution in [0.1, 0.15) is 0 Å². The van der Waals surface area contributed by atoms with E-state index in [2.05, 4.69) is 15.3 Å². The number of nitrogens with one attached hydrogen (secondary N) is 1. The van der Waals surface area contributed by atoms with Crippen LogP contribution in [0.5, 0.6) is 0 Å². The number of dihydropyridines is 1. The Kier molecular flexibility index (Phi) is 1.29. The molecule has 2 rings (SSSR count). The number of amides is 2. The minimum atomic E-state index is -0.387. The molecule has 0 fully saturated rings. The first-order valence-corrected chi connectivity index (χ1v) is 3.49. The van der Waals surface area contributed by atoms with Crippen LogP contribution in [0.2, 0.25) is 0 Å². The van der Waals surface area contributed by atoms with Crippen molar-refractivity contribution >= 4 is 29.2 Å². The summed E-state index contributed by atoms with van der Waals surface area (Å²) >= 11 is 5.65. The lowest BCUT2D eigenvalue weighted by molar-refractivity contribution is 0.254. The van der Waals surface area contributed by atoms with Crippen LogP contribution in [-0.2, 0) is 0 Å². The van der Waals surface area contributed by atoms with Crippen LogP contribution in [-0.4, -0.2) is 23.1 Å².